The first-order valence-electron chi connectivity index (χ1n) is 6.96. The van der Waals surface area contributed by atoms with E-state index in [1.54, 1.807) is 12.3 Å². The zero-order valence-corrected chi connectivity index (χ0v) is 13.0. The van der Waals surface area contributed by atoms with Gasteiger partial charge in [-0.3, -0.25) is 4.79 Å². The zero-order chi connectivity index (χ0) is 15.5. The van der Waals surface area contributed by atoms with Crippen LogP contribution < -0.4 is 10.1 Å². The lowest BCUT2D eigenvalue weighted by molar-refractivity contribution is -0.124. The van der Waals surface area contributed by atoms with Crippen molar-refractivity contribution in [3.8, 4) is 5.88 Å². The van der Waals surface area contributed by atoms with Gasteiger partial charge in [0.25, 0.3) is 0 Å². The van der Waals surface area contributed by atoms with Crippen LogP contribution in [0.25, 0.3) is 0 Å². The zero-order valence-electron chi connectivity index (χ0n) is 12.2. The summed E-state index contributed by atoms with van der Waals surface area (Å²) in [5, 5.41) is 2.77. The first-order valence-corrected chi connectivity index (χ1v) is 8.78. The van der Waals surface area contributed by atoms with Crippen LogP contribution in [0.5, 0.6) is 5.88 Å². The van der Waals surface area contributed by atoms with Gasteiger partial charge in [0.2, 0.25) is 11.8 Å². The second kappa shape index (κ2) is 6.43. The Balaban J connectivity index is 1.96. The van der Waals surface area contributed by atoms with Gasteiger partial charge in [-0.1, -0.05) is 6.07 Å². The summed E-state index contributed by atoms with van der Waals surface area (Å²) >= 11 is 0. The summed E-state index contributed by atoms with van der Waals surface area (Å²) < 4.78 is 28.3. The summed E-state index contributed by atoms with van der Waals surface area (Å²) in [7, 11) is -3.05. The molecule has 1 atom stereocenters. The SMILES string of the molecule is CC(C)Oc1ncccc1CNC(=O)C1CCS(=O)(=O)C1. The van der Waals surface area contributed by atoms with Crippen molar-refractivity contribution < 1.29 is 17.9 Å². The van der Waals surface area contributed by atoms with Crippen LogP contribution in [0, 0.1) is 5.92 Å². The summed E-state index contributed by atoms with van der Waals surface area (Å²) in [5.74, 6) is -0.135. The number of amides is 1. The van der Waals surface area contributed by atoms with Gasteiger partial charge in [0.1, 0.15) is 0 Å². The van der Waals surface area contributed by atoms with Crippen molar-refractivity contribution in [2.45, 2.75) is 32.9 Å². The molecule has 1 aliphatic rings. The molecule has 0 aromatic carbocycles. The third-order valence-electron chi connectivity index (χ3n) is 3.25. The smallest absolute Gasteiger partial charge is 0.224 e. The summed E-state index contributed by atoms with van der Waals surface area (Å²) in [6, 6.07) is 3.60. The highest BCUT2D eigenvalue weighted by atomic mass is 32.2. The fourth-order valence-corrected chi connectivity index (χ4v) is 3.96. The molecule has 0 bridgehead atoms. The van der Waals surface area contributed by atoms with E-state index in [0.29, 0.717) is 12.3 Å². The summed E-state index contributed by atoms with van der Waals surface area (Å²) in [6.07, 6.45) is 2.03. The maximum Gasteiger partial charge on any atom is 0.224 e. The number of rotatable bonds is 5. The van der Waals surface area contributed by atoms with Crippen LogP contribution in [0.15, 0.2) is 18.3 Å². The van der Waals surface area contributed by atoms with E-state index in [4.69, 9.17) is 4.74 Å². The molecular formula is C14H20N2O4S. The molecule has 1 aromatic heterocycles. The summed E-state index contributed by atoms with van der Waals surface area (Å²) in [6.45, 7) is 4.09. The summed E-state index contributed by atoms with van der Waals surface area (Å²) in [5.41, 5.74) is 0.778. The van der Waals surface area contributed by atoms with Gasteiger partial charge >= 0.3 is 0 Å². The third-order valence-corrected chi connectivity index (χ3v) is 5.02. The number of carbonyl (C=O) groups excluding carboxylic acids is 1. The molecule has 0 saturated carbocycles. The largest absolute Gasteiger partial charge is 0.475 e. The maximum atomic E-state index is 12.0. The number of sulfone groups is 1. The number of pyridine rings is 1. The highest BCUT2D eigenvalue weighted by Gasteiger charge is 2.32. The fraction of sp³-hybridized carbons (Fsp3) is 0.571. The first-order chi connectivity index (χ1) is 9.87. The number of nitrogens with zero attached hydrogens (tertiary/aromatic N) is 1. The van der Waals surface area contributed by atoms with E-state index >= 15 is 0 Å². The quantitative estimate of drug-likeness (QED) is 0.874. The molecule has 7 heteroatoms. The van der Waals surface area contributed by atoms with Crippen molar-refractivity contribution in [1.82, 2.24) is 10.3 Å². The molecule has 1 N–H and O–H groups in total. The van der Waals surface area contributed by atoms with E-state index in [1.807, 2.05) is 19.9 Å². The van der Waals surface area contributed by atoms with E-state index in [2.05, 4.69) is 10.3 Å². The molecule has 1 aromatic rings. The minimum atomic E-state index is -3.05. The van der Waals surface area contributed by atoms with Crippen molar-refractivity contribution in [1.29, 1.82) is 0 Å². The Kier molecular flexibility index (Phi) is 4.82. The Hall–Kier alpha value is -1.63. The van der Waals surface area contributed by atoms with Crippen LogP contribution in [0.1, 0.15) is 25.8 Å². The van der Waals surface area contributed by atoms with Gasteiger partial charge in [-0.25, -0.2) is 13.4 Å². The number of ether oxygens (including phenoxy) is 1. The van der Waals surface area contributed by atoms with Gasteiger partial charge < -0.3 is 10.1 Å². The van der Waals surface area contributed by atoms with Crippen LogP contribution in [-0.2, 0) is 21.2 Å². The van der Waals surface area contributed by atoms with Gasteiger partial charge in [-0.15, -0.1) is 0 Å². The summed E-state index contributed by atoms with van der Waals surface area (Å²) in [4.78, 5) is 16.2. The van der Waals surface area contributed by atoms with Crippen LogP contribution >= 0.6 is 0 Å². The van der Waals surface area contributed by atoms with Crippen LogP contribution in [0.3, 0.4) is 0 Å². The number of hydrogen-bond acceptors (Lipinski definition) is 5. The Labute approximate surface area is 124 Å². The number of nitrogens with one attached hydrogen (secondary N) is 1. The molecule has 21 heavy (non-hydrogen) atoms. The molecule has 1 unspecified atom stereocenters. The van der Waals surface area contributed by atoms with Crippen LogP contribution in [0.2, 0.25) is 0 Å². The lowest BCUT2D eigenvalue weighted by Gasteiger charge is -2.14. The normalized spacial score (nSPS) is 20.4. The van der Waals surface area contributed by atoms with E-state index in [-0.39, 0.29) is 30.1 Å². The second-order valence-corrected chi connectivity index (χ2v) is 7.68. The van der Waals surface area contributed by atoms with Crippen molar-refractivity contribution in [2.75, 3.05) is 11.5 Å². The third kappa shape index (κ3) is 4.42. The lowest BCUT2D eigenvalue weighted by atomic mass is 10.1. The van der Waals surface area contributed by atoms with E-state index in [1.165, 1.54) is 0 Å². The Morgan fingerprint density at radius 3 is 2.90 bits per heavy atom. The topological polar surface area (TPSA) is 85.4 Å². The molecule has 1 amide bonds. The Bertz CT molecular complexity index is 613. The van der Waals surface area contributed by atoms with Crippen LogP contribution in [-0.4, -0.2) is 36.9 Å². The molecular weight excluding hydrogens is 292 g/mol. The van der Waals surface area contributed by atoms with Crippen molar-refractivity contribution >= 4 is 15.7 Å². The highest BCUT2D eigenvalue weighted by Crippen LogP contribution is 2.19. The molecule has 116 valence electrons. The van der Waals surface area contributed by atoms with Crippen LogP contribution in [0.4, 0.5) is 0 Å². The van der Waals surface area contributed by atoms with Crippen molar-refractivity contribution in [3.05, 3.63) is 23.9 Å². The molecule has 1 fully saturated rings. The standard InChI is InChI=1S/C14H20N2O4S/c1-10(2)20-14-11(4-3-6-15-14)8-16-13(17)12-5-7-21(18,19)9-12/h3-4,6,10,12H,5,7-9H2,1-2H3,(H,16,17). The minimum Gasteiger partial charge on any atom is -0.475 e. The molecule has 0 spiro atoms. The molecule has 0 radical (unpaired) electrons. The molecule has 1 aliphatic heterocycles. The van der Waals surface area contributed by atoms with Crippen molar-refractivity contribution in [3.63, 3.8) is 0 Å². The Morgan fingerprint density at radius 2 is 2.29 bits per heavy atom. The number of aromatic nitrogens is 1. The monoisotopic (exact) mass is 312 g/mol. The van der Waals surface area contributed by atoms with E-state index in [9.17, 15) is 13.2 Å². The molecule has 1 saturated heterocycles. The molecule has 2 rings (SSSR count). The van der Waals surface area contributed by atoms with Gasteiger partial charge in [-0.05, 0) is 26.3 Å². The average Bonchev–Trinajstić information content (AvgIpc) is 2.77. The number of hydrogen-bond donors (Lipinski definition) is 1. The lowest BCUT2D eigenvalue weighted by Crippen LogP contribution is -2.31. The van der Waals surface area contributed by atoms with E-state index < -0.39 is 15.8 Å². The Morgan fingerprint density at radius 1 is 1.52 bits per heavy atom. The molecule has 0 aliphatic carbocycles. The van der Waals surface area contributed by atoms with Gasteiger partial charge in [0.15, 0.2) is 9.84 Å². The van der Waals surface area contributed by atoms with Gasteiger partial charge in [0.05, 0.1) is 23.5 Å². The van der Waals surface area contributed by atoms with Gasteiger partial charge in [0, 0.05) is 18.3 Å². The fourth-order valence-electron chi connectivity index (χ4n) is 2.22. The predicted octanol–water partition coefficient (Wildman–Crippen LogP) is 0.920. The van der Waals surface area contributed by atoms with Gasteiger partial charge in [-0.2, -0.15) is 0 Å². The average molecular weight is 312 g/mol. The van der Waals surface area contributed by atoms with E-state index in [0.717, 1.165) is 5.56 Å². The first kappa shape index (κ1) is 15.8. The molecule has 6 nitrogen and oxygen atoms in total. The van der Waals surface area contributed by atoms with Crippen molar-refractivity contribution in [2.24, 2.45) is 5.92 Å². The molecule has 2 heterocycles. The predicted molar refractivity (Wildman–Crippen MR) is 78.6 cm³/mol. The minimum absolute atomic E-state index is 0.00525. The number of carbonyl (C=O) groups is 1. The second-order valence-electron chi connectivity index (χ2n) is 5.45. The highest BCUT2D eigenvalue weighted by molar-refractivity contribution is 7.91. The maximum absolute atomic E-state index is 12.0.